The molecule has 0 spiro atoms. The molecule has 0 saturated heterocycles. The summed E-state index contributed by atoms with van der Waals surface area (Å²) in [5.41, 5.74) is 0. The molecule has 0 heterocycles. The van der Waals surface area contributed by atoms with Crippen molar-refractivity contribution in [2.24, 2.45) is 0 Å². The lowest BCUT2D eigenvalue weighted by molar-refractivity contribution is -0.145. The Labute approximate surface area is 66.5 Å². The second-order valence-corrected chi connectivity index (χ2v) is 2.15. The van der Waals surface area contributed by atoms with Crippen LogP contribution in [0, 0.1) is 0 Å². The highest BCUT2D eigenvalue weighted by Crippen LogP contribution is 1.86. The first-order valence-corrected chi connectivity index (χ1v) is 3.73. The average Bonchev–Trinajstić information content (AvgIpc) is 2.00. The first-order chi connectivity index (χ1) is 5.22. The molecule has 0 aromatic carbocycles. The molecule has 0 aliphatic carbocycles. The zero-order chi connectivity index (χ0) is 8.69. The minimum absolute atomic E-state index is 0.0315. The van der Waals surface area contributed by atoms with Gasteiger partial charge in [-0.1, -0.05) is 0 Å². The molecule has 4 nitrogen and oxygen atoms in total. The fraction of sp³-hybridized carbons (Fsp3) is 0.857. The van der Waals surface area contributed by atoms with Crippen LogP contribution in [0.25, 0.3) is 0 Å². The standard InChI is InChI=1S/C7H15NO3/c1-3-11-7(10)6(2)8-4-5-9/h6,8-9H,3-5H2,1-2H3. The van der Waals surface area contributed by atoms with Crippen molar-refractivity contribution in [3.05, 3.63) is 0 Å². The van der Waals surface area contributed by atoms with Gasteiger partial charge in [0.25, 0.3) is 0 Å². The van der Waals surface area contributed by atoms with Crippen molar-refractivity contribution >= 4 is 5.97 Å². The van der Waals surface area contributed by atoms with E-state index in [2.05, 4.69) is 5.32 Å². The Hall–Kier alpha value is -0.610. The van der Waals surface area contributed by atoms with Gasteiger partial charge < -0.3 is 15.2 Å². The number of aliphatic hydroxyl groups is 1. The fourth-order valence-corrected chi connectivity index (χ4v) is 0.632. The van der Waals surface area contributed by atoms with E-state index in [-0.39, 0.29) is 18.6 Å². The van der Waals surface area contributed by atoms with Crippen LogP contribution < -0.4 is 5.32 Å². The molecule has 0 aromatic rings. The Morgan fingerprint density at radius 3 is 2.82 bits per heavy atom. The molecule has 0 aromatic heterocycles. The van der Waals surface area contributed by atoms with Crippen LogP contribution in [0.2, 0.25) is 0 Å². The molecule has 11 heavy (non-hydrogen) atoms. The monoisotopic (exact) mass is 161 g/mol. The third-order valence-corrected chi connectivity index (χ3v) is 1.20. The summed E-state index contributed by atoms with van der Waals surface area (Å²) in [5.74, 6) is -0.277. The molecule has 0 aliphatic rings. The van der Waals surface area contributed by atoms with Crippen LogP contribution in [-0.2, 0) is 9.53 Å². The number of rotatable bonds is 5. The Kier molecular flexibility index (Phi) is 5.78. The number of carbonyl (C=O) groups excluding carboxylic acids is 1. The zero-order valence-electron chi connectivity index (χ0n) is 6.96. The van der Waals surface area contributed by atoms with Gasteiger partial charge in [0.1, 0.15) is 6.04 Å². The van der Waals surface area contributed by atoms with Crippen LogP contribution in [0.5, 0.6) is 0 Å². The van der Waals surface area contributed by atoms with Gasteiger partial charge in [0.2, 0.25) is 0 Å². The topological polar surface area (TPSA) is 58.6 Å². The maximum absolute atomic E-state index is 10.9. The molecule has 0 rings (SSSR count). The second kappa shape index (κ2) is 6.12. The van der Waals surface area contributed by atoms with Gasteiger partial charge in [0, 0.05) is 6.54 Å². The van der Waals surface area contributed by atoms with Crippen molar-refractivity contribution in [2.75, 3.05) is 19.8 Å². The quantitative estimate of drug-likeness (QED) is 0.535. The molecule has 66 valence electrons. The van der Waals surface area contributed by atoms with Crippen molar-refractivity contribution in [2.45, 2.75) is 19.9 Å². The number of ether oxygens (including phenoxy) is 1. The van der Waals surface area contributed by atoms with Crippen molar-refractivity contribution in [3.8, 4) is 0 Å². The van der Waals surface area contributed by atoms with Gasteiger partial charge in [0.15, 0.2) is 0 Å². The van der Waals surface area contributed by atoms with Crippen LogP contribution in [0.4, 0.5) is 0 Å². The van der Waals surface area contributed by atoms with Crippen molar-refractivity contribution in [1.82, 2.24) is 5.32 Å². The normalized spacial score (nSPS) is 12.6. The van der Waals surface area contributed by atoms with Gasteiger partial charge in [-0.3, -0.25) is 4.79 Å². The van der Waals surface area contributed by atoms with Crippen LogP contribution in [0.1, 0.15) is 13.8 Å². The van der Waals surface area contributed by atoms with Gasteiger partial charge in [-0.2, -0.15) is 0 Å². The predicted octanol–water partition coefficient (Wildman–Crippen LogP) is -0.480. The molecule has 0 aliphatic heterocycles. The molecule has 0 bridgehead atoms. The van der Waals surface area contributed by atoms with Crippen LogP contribution in [0.15, 0.2) is 0 Å². The third-order valence-electron chi connectivity index (χ3n) is 1.20. The Bertz CT molecular complexity index is 116. The lowest BCUT2D eigenvalue weighted by Gasteiger charge is -2.10. The van der Waals surface area contributed by atoms with Gasteiger partial charge in [0.05, 0.1) is 13.2 Å². The predicted molar refractivity (Wildman–Crippen MR) is 41.2 cm³/mol. The molecule has 0 fully saturated rings. The van der Waals surface area contributed by atoms with E-state index in [1.807, 2.05) is 0 Å². The highest BCUT2D eigenvalue weighted by molar-refractivity contribution is 5.75. The van der Waals surface area contributed by atoms with Crippen LogP contribution >= 0.6 is 0 Å². The van der Waals surface area contributed by atoms with Crippen LogP contribution in [0.3, 0.4) is 0 Å². The van der Waals surface area contributed by atoms with Gasteiger partial charge >= 0.3 is 5.97 Å². The summed E-state index contributed by atoms with van der Waals surface area (Å²) in [4.78, 5) is 10.9. The fourth-order valence-electron chi connectivity index (χ4n) is 0.632. The summed E-state index contributed by atoms with van der Waals surface area (Å²) in [5, 5.41) is 11.2. The van der Waals surface area contributed by atoms with E-state index >= 15 is 0 Å². The molecule has 1 unspecified atom stereocenters. The van der Waals surface area contributed by atoms with Gasteiger partial charge in [-0.05, 0) is 13.8 Å². The number of esters is 1. The Morgan fingerprint density at radius 2 is 2.36 bits per heavy atom. The van der Waals surface area contributed by atoms with Crippen molar-refractivity contribution in [3.63, 3.8) is 0 Å². The Morgan fingerprint density at radius 1 is 1.73 bits per heavy atom. The lowest BCUT2D eigenvalue weighted by atomic mass is 10.3. The third kappa shape index (κ3) is 4.75. The van der Waals surface area contributed by atoms with E-state index in [9.17, 15) is 4.79 Å². The molecule has 4 heteroatoms. The summed E-state index contributed by atoms with van der Waals surface area (Å²) in [6, 6.07) is -0.331. The van der Waals surface area contributed by atoms with E-state index in [0.29, 0.717) is 13.2 Å². The maximum Gasteiger partial charge on any atom is 0.322 e. The van der Waals surface area contributed by atoms with E-state index in [0.717, 1.165) is 0 Å². The summed E-state index contributed by atoms with van der Waals surface area (Å²) in [6.45, 7) is 4.30. The van der Waals surface area contributed by atoms with E-state index in [1.54, 1.807) is 13.8 Å². The van der Waals surface area contributed by atoms with E-state index in [4.69, 9.17) is 9.84 Å². The van der Waals surface area contributed by atoms with Crippen LogP contribution in [-0.4, -0.2) is 36.9 Å². The minimum Gasteiger partial charge on any atom is -0.465 e. The van der Waals surface area contributed by atoms with Crippen molar-refractivity contribution < 1.29 is 14.6 Å². The number of nitrogens with one attached hydrogen (secondary N) is 1. The SMILES string of the molecule is CCOC(=O)C(C)NCCO. The molecule has 0 amide bonds. The first-order valence-electron chi connectivity index (χ1n) is 3.73. The summed E-state index contributed by atoms with van der Waals surface area (Å²) < 4.78 is 4.72. The Balaban J connectivity index is 3.46. The molecular formula is C7H15NO3. The van der Waals surface area contributed by atoms with Gasteiger partial charge in [-0.15, -0.1) is 0 Å². The molecule has 1 atom stereocenters. The zero-order valence-corrected chi connectivity index (χ0v) is 6.96. The summed E-state index contributed by atoms with van der Waals surface area (Å²) >= 11 is 0. The second-order valence-electron chi connectivity index (χ2n) is 2.15. The largest absolute Gasteiger partial charge is 0.465 e. The summed E-state index contributed by atoms with van der Waals surface area (Å²) in [6.07, 6.45) is 0. The van der Waals surface area contributed by atoms with Crippen molar-refractivity contribution in [1.29, 1.82) is 0 Å². The minimum atomic E-state index is -0.331. The molecular weight excluding hydrogens is 146 g/mol. The average molecular weight is 161 g/mol. The number of hydrogen-bond donors (Lipinski definition) is 2. The number of aliphatic hydroxyl groups excluding tert-OH is 1. The summed E-state index contributed by atoms with van der Waals surface area (Å²) in [7, 11) is 0. The molecule has 0 saturated carbocycles. The highest BCUT2D eigenvalue weighted by Gasteiger charge is 2.11. The lowest BCUT2D eigenvalue weighted by Crippen LogP contribution is -2.36. The number of hydrogen-bond acceptors (Lipinski definition) is 4. The van der Waals surface area contributed by atoms with E-state index in [1.165, 1.54) is 0 Å². The number of carbonyl (C=O) groups is 1. The molecule has 0 radical (unpaired) electrons. The van der Waals surface area contributed by atoms with E-state index < -0.39 is 0 Å². The highest BCUT2D eigenvalue weighted by atomic mass is 16.5. The maximum atomic E-state index is 10.9. The molecule has 2 N–H and O–H groups in total. The smallest absolute Gasteiger partial charge is 0.322 e. The van der Waals surface area contributed by atoms with Gasteiger partial charge in [-0.25, -0.2) is 0 Å². The first kappa shape index (κ1) is 10.4.